The van der Waals surface area contributed by atoms with Crippen LogP contribution in [0.5, 0.6) is 0 Å². The Morgan fingerprint density at radius 2 is 1.90 bits per heavy atom. The zero-order valence-electron chi connectivity index (χ0n) is 11.6. The molecule has 1 unspecified atom stereocenters. The number of hydrogen-bond acceptors (Lipinski definition) is 1. The summed E-state index contributed by atoms with van der Waals surface area (Å²) in [4.78, 5) is 14.5. The quantitative estimate of drug-likeness (QED) is 0.668. The minimum absolute atomic E-state index is 0.0727. The molecule has 1 aromatic carbocycles. The van der Waals surface area contributed by atoms with Crippen LogP contribution in [0.15, 0.2) is 51.1 Å². The van der Waals surface area contributed by atoms with Crippen molar-refractivity contribution in [3.8, 4) is 0 Å². The molecule has 1 atom stereocenters. The number of allylic oxidation sites excluding steroid dienone is 1. The largest absolute Gasteiger partial charge is 0.276 e. The Bertz CT molecular complexity index is 559. The van der Waals surface area contributed by atoms with Gasteiger partial charge in [-0.05, 0) is 62.4 Å². The first-order chi connectivity index (χ1) is 9.56. The first kappa shape index (κ1) is 15.5. The van der Waals surface area contributed by atoms with Crippen molar-refractivity contribution in [2.75, 3.05) is 4.90 Å². The van der Waals surface area contributed by atoms with Gasteiger partial charge in [0, 0.05) is 11.3 Å². The number of anilines is 1. The molecule has 0 fully saturated rings. The molecule has 2 rings (SSSR count). The number of rotatable bonds is 4. The summed E-state index contributed by atoms with van der Waals surface area (Å²) in [7, 11) is 0. The molecule has 0 saturated heterocycles. The van der Waals surface area contributed by atoms with Crippen molar-refractivity contribution in [3.05, 3.63) is 51.1 Å². The molecular weight excluding hydrogens is 382 g/mol. The molecule has 1 heterocycles. The molecule has 0 radical (unpaired) electrons. The Hall–Kier alpha value is -0.870. The van der Waals surface area contributed by atoms with Crippen LogP contribution in [0.4, 0.5) is 5.69 Å². The van der Waals surface area contributed by atoms with Crippen molar-refractivity contribution in [1.29, 1.82) is 0 Å². The van der Waals surface area contributed by atoms with E-state index in [-0.39, 0.29) is 11.8 Å². The summed E-state index contributed by atoms with van der Waals surface area (Å²) in [6.45, 7) is 4.25. The van der Waals surface area contributed by atoms with Crippen LogP contribution in [0.1, 0.15) is 26.7 Å². The van der Waals surface area contributed by atoms with E-state index in [1.807, 2.05) is 36.4 Å². The van der Waals surface area contributed by atoms with Gasteiger partial charge >= 0.3 is 0 Å². The van der Waals surface area contributed by atoms with E-state index in [4.69, 9.17) is 0 Å². The molecule has 0 bridgehead atoms. The summed E-state index contributed by atoms with van der Waals surface area (Å²) >= 11 is 6.88. The van der Waals surface area contributed by atoms with Gasteiger partial charge in [0.2, 0.25) is 0 Å². The smallest absolute Gasteiger partial charge is 0.259 e. The van der Waals surface area contributed by atoms with Crippen molar-refractivity contribution in [2.24, 2.45) is 5.92 Å². The molecule has 0 aliphatic carbocycles. The molecule has 0 aromatic heterocycles. The number of carbonyl (C=O) groups is 1. The molecule has 1 aromatic rings. The lowest BCUT2D eigenvalue weighted by Crippen LogP contribution is -2.27. The van der Waals surface area contributed by atoms with Gasteiger partial charge in [0.05, 0.1) is 9.09 Å². The van der Waals surface area contributed by atoms with Crippen LogP contribution in [0.25, 0.3) is 0 Å². The van der Waals surface area contributed by atoms with Crippen LogP contribution in [0.3, 0.4) is 0 Å². The second kappa shape index (κ2) is 6.72. The van der Waals surface area contributed by atoms with Crippen LogP contribution in [0.2, 0.25) is 0 Å². The second-order valence-electron chi connectivity index (χ2n) is 4.91. The van der Waals surface area contributed by atoms with E-state index >= 15 is 0 Å². The van der Waals surface area contributed by atoms with Crippen molar-refractivity contribution >= 4 is 43.5 Å². The summed E-state index contributed by atoms with van der Waals surface area (Å²) in [5, 5.41) is 0. The van der Waals surface area contributed by atoms with Gasteiger partial charge in [0.1, 0.15) is 0 Å². The average Bonchev–Trinajstić information content (AvgIpc) is 2.78. The molecule has 1 aliphatic heterocycles. The predicted molar refractivity (Wildman–Crippen MR) is 91.0 cm³/mol. The third-order valence-electron chi connectivity index (χ3n) is 3.44. The van der Waals surface area contributed by atoms with Crippen LogP contribution in [-0.4, -0.2) is 5.91 Å². The fourth-order valence-corrected chi connectivity index (χ4v) is 3.01. The summed E-state index contributed by atoms with van der Waals surface area (Å²) < 4.78 is 0.793. The van der Waals surface area contributed by atoms with Crippen LogP contribution >= 0.6 is 31.9 Å². The predicted octanol–water partition coefficient (Wildman–Crippen LogP) is 5.35. The molecular formula is C16H17Br2NO. The third-order valence-corrected chi connectivity index (χ3v) is 4.26. The Labute approximate surface area is 136 Å². The number of carbonyl (C=O) groups excluding carboxylic acids is 1. The maximum Gasteiger partial charge on any atom is 0.259 e. The van der Waals surface area contributed by atoms with E-state index in [1.54, 1.807) is 4.90 Å². The summed E-state index contributed by atoms with van der Waals surface area (Å²) in [6, 6.07) is 9.72. The maximum absolute atomic E-state index is 12.7. The average molecular weight is 399 g/mol. The number of benzene rings is 1. The van der Waals surface area contributed by atoms with Crippen LogP contribution in [-0.2, 0) is 4.79 Å². The molecule has 2 nitrogen and oxygen atoms in total. The van der Waals surface area contributed by atoms with E-state index < -0.39 is 0 Å². The SMILES string of the molecule is CCCC(C)C1=CC(=C(Br)Br)N(c2ccccc2)C1=O. The van der Waals surface area contributed by atoms with Crippen LogP contribution < -0.4 is 4.90 Å². The maximum atomic E-state index is 12.7. The van der Waals surface area contributed by atoms with Gasteiger partial charge in [0.25, 0.3) is 5.91 Å². The molecule has 1 aliphatic rings. The van der Waals surface area contributed by atoms with E-state index in [1.165, 1.54) is 0 Å². The van der Waals surface area contributed by atoms with Crippen molar-refractivity contribution in [1.82, 2.24) is 0 Å². The minimum Gasteiger partial charge on any atom is -0.276 e. The number of para-hydroxylation sites is 1. The molecule has 0 spiro atoms. The zero-order valence-corrected chi connectivity index (χ0v) is 14.7. The zero-order chi connectivity index (χ0) is 14.7. The monoisotopic (exact) mass is 397 g/mol. The fraction of sp³-hybridized carbons (Fsp3) is 0.312. The number of hydrogen-bond donors (Lipinski definition) is 0. The van der Waals surface area contributed by atoms with E-state index in [2.05, 4.69) is 45.7 Å². The highest BCUT2D eigenvalue weighted by molar-refractivity contribution is 9.28. The lowest BCUT2D eigenvalue weighted by Gasteiger charge is -2.20. The normalized spacial score (nSPS) is 16.4. The molecule has 4 heteroatoms. The Morgan fingerprint density at radius 3 is 2.45 bits per heavy atom. The van der Waals surface area contributed by atoms with Gasteiger partial charge in [-0.2, -0.15) is 0 Å². The molecule has 1 amide bonds. The van der Waals surface area contributed by atoms with E-state index in [0.717, 1.165) is 33.2 Å². The molecule has 20 heavy (non-hydrogen) atoms. The second-order valence-corrected chi connectivity index (χ2v) is 7.56. The third kappa shape index (κ3) is 3.07. The van der Waals surface area contributed by atoms with Gasteiger partial charge in [0.15, 0.2) is 0 Å². The van der Waals surface area contributed by atoms with Gasteiger partial charge in [-0.25, -0.2) is 0 Å². The number of halogens is 2. The first-order valence-corrected chi connectivity index (χ1v) is 8.31. The summed E-state index contributed by atoms with van der Waals surface area (Å²) in [5.74, 6) is 0.346. The summed E-state index contributed by atoms with van der Waals surface area (Å²) in [5.41, 5.74) is 2.63. The van der Waals surface area contributed by atoms with Gasteiger partial charge < -0.3 is 0 Å². The first-order valence-electron chi connectivity index (χ1n) is 6.72. The highest BCUT2D eigenvalue weighted by Gasteiger charge is 2.32. The topological polar surface area (TPSA) is 20.3 Å². The Kier molecular flexibility index (Phi) is 5.22. The van der Waals surface area contributed by atoms with Crippen molar-refractivity contribution in [2.45, 2.75) is 26.7 Å². The van der Waals surface area contributed by atoms with Gasteiger partial charge in [-0.1, -0.05) is 38.5 Å². The lowest BCUT2D eigenvalue weighted by molar-refractivity contribution is -0.114. The van der Waals surface area contributed by atoms with Crippen molar-refractivity contribution < 1.29 is 4.79 Å². The molecule has 0 N–H and O–H groups in total. The van der Waals surface area contributed by atoms with Gasteiger partial charge in [-0.15, -0.1) is 0 Å². The number of nitrogens with zero attached hydrogens (tertiary/aromatic N) is 1. The lowest BCUT2D eigenvalue weighted by atomic mass is 9.96. The summed E-state index contributed by atoms with van der Waals surface area (Å²) in [6.07, 6.45) is 4.08. The Balaban J connectivity index is 2.41. The van der Waals surface area contributed by atoms with Crippen molar-refractivity contribution in [3.63, 3.8) is 0 Å². The Morgan fingerprint density at radius 1 is 1.25 bits per heavy atom. The molecule has 106 valence electrons. The molecule has 0 saturated carbocycles. The highest BCUT2D eigenvalue weighted by atomic mass is 79.9. The minimum atomic E-state index is 0.0727. The fourth-order valence-electron chi connectivity index (χ4n) is 2.43. The van der Waals surface area contributed by atoms with E-state index in [0.29, 0.717) is 0 Å². The number of amides is 1. The standard InChI is InChI=1S/C16H17Br2NO/c1-3-7-11(2)13-10-14(15(17)18)19(16(13)20)12-8-5-4-6-9-12/h4-6,8-11H,3,7H2,1-2H3. The highest BCUT2D eigenvalue weighted by Crippen LogP contribution is 2.37. The van der Waals surface area contributed by atoms with E-state index in [9.17, 15) is 4.79 Å². The van der Waals surface area contributed by atoms with Crippen LogP contribution in [0, 0.1) is 5.92 Å². The van der Waals surface area contributed by atoms with Gasteiger partial charge in [-0.3, -0.25) is 9.69 Å².